The molecule has 1 amide bonds. The number of amides is 1. The summed E-state index contributed by atoms with van der Waals surface area (Å²) in [6.45, 7) is 0.544. The topological polar surface area (TPSA) is 84.0 Å². The number of halogens is 1. The van der Waals surface area contributed by atoms with E-state index in [1.54, 1.807) is 54.6 Å². The molecule has 0 spiro atoms. The number of esters is 1. The van der Waals surface area contributed by atoms with E-state index in [0.717, 1.165) is 4.90 Å². The van der Waals surface area contributed by atoms with Crippen molar-refractivity contribution >= 4 is 45.3 Å². The van der Waals surface area contributed by atoms with Crippen molar-refractivity contribution in [3.8, 4) is 0 Å². The van der Waals surface area contributed by atoms with Gasteiger partial charge in [-0.25, -0.2) is 8.42 Å². The lowest BCUT2D eigenvalue weighted by molar-refractivity contribution is -0.150. The third-order valence-corrected chi connectivity index (χ3v) is 7.65. The van der Waals surface area contributed by atoms with Crippen LogP contribution in [-0.4, -0.2) is 68.0 Å². The number of benzene rings is 2. The van der Waals surface area contributed by atoms with Gasteiger partial charge in [-0.3, -0.25) is 9.59 Å². The van der Waals surface area contributed by atoms with Crippen LogP contribution in [0.4, 0.5) is 0 Å². The summed E-state index contributed by atoms with van der Waals surface area (Å²) in [4.78, 5) is 26.8. The summed E-state index contributed by atoms with van der Waals surface area (Å²) in [7, 11) is -3.57. The molecule has 0 radical (unpaired) electrons. The molecule has 30 heavy (non-hydrogen) atoms. The van der Waals surface area contributed by atoms with Crippen LogP contribution in [0, 0.1) is 0 Å². The van der Waals surface area contributed by atoms with Crippen molar-refractivity contribution in [3.63, 3.8) is 0 Å². The van der Waals surface area contributed by atoms with E-state index >= 15 is 0 Å². The summed E-state index contributed by atoms with van der Waals surface area (Å²) in [5, 5.41) is 0.615. The van der Waals surface area contributed by atoms with Crippen LogP contribution in [-0.2, 0) is 24.3 Å². The second kappa shape index (κ2) is 10.3. The van der Waals surface area contributed by atoms with Gasteiger partial charge in [-0.15, -0.1) is 11.8 Å². The quantitative estimate of drug-likeness (QED) is 0.458. The summed E-state index contributed by atoms with van der Waals surface area (Å²) in [6, 6.07) is 15.3. The van der Waals surface area contributed by atoms with Gasteiger partial charge in [0.15, 0.2) is 6.61 Å². The van der Waals surface area contributed by atoms with Gasteiger partial charge >= 0.3 is 5.97 Å². The standard InChI is InChI=1S/C20H21ClN2O5S2/c21-16-6-8-17(9-7-16)29-15-20(25)28-14-19(24)22-10-12-23(13-11-22)30(26,27)18-4-2-1-3-5-18/h1-9H,10-15H2. The van der Waals surface area contributed by atoms with Gasteiger partial charge in [0, 0.05) is 36.1 Å². The normalized spacial score (nSPS) is 15.0. The Morgan fingerprint density at radius 3 is 2.23 bits per heavy atom. The molecule has 1 aliphatic heterocycles. The van der Waals surface area contributed by atoms with Crippen LogP contribution in [0.2, 0.25) is 5.02 Å². The molecule has 10 heteroatoms. The van der Waals surface area contributed by atoms with Gasteiger partial charge in [0.1, 0.15) is 0 Å². The van der Waals surface area contributed by atoms with Crippen LogP contribution in [0.3, 0.4) is 0 Å². The summed E-state index contributed by atoms with van der Waals surface area (Å²) >= 11 is 7.11. The van der Waals surface area contributed by atoms with E-state index in [1.807, 2.05) is 0 Å². The summed E-state index contributed by atoms with van der Waals surface area (Å²) in [5.41, 5.74) is 0. The maximum Gasteiger partial charge on any atom is 0.316 e. The second-order valence-corrected chi connectivity index (χ2v) is 9.92. The Kier molecular flexibility index (Phi) is 7.76. The molecular weight excluding hydrogens is 448 g/mol. The first-order chi connectivity index (χ1) is 14.4. The van der Waals surface area contributed by atoms with E-state index in [4.69, 9.17) is 16.3 Å². The Morgan fingerprint density at radius 2 is 1.60 bits per heavy atom. The minimum absolute atomic E-state index is 0.0814. The number of carbonyl (C=O) groups is 2. The van der Waals surface area contributed by atoms with Crippen LogP contribution in [0.5, 0.6) is 0 Å². The van der Waals surface area contributed by atoms with Crippen molar-refractivity contribution in [2.24, 2.45) is 0 Å². The molecule has 1 fully saturated rings. The van der Waals surface area contributed by atoms with Crippen LogP contribution in [0.15, 0.2) is 64.4 Å². The third kappa shape index (κ3) is 5.98. The number of piperazine rings is 1. The fraction of sp³-hybridized carbons (Fsp3) is 0.300. The number of hydrogen-bond donors (Lipinski definition) is 0. The first kappa shape index (κ1) is 22.6. The molecule has 7 nitrogen and oxygen atoms in total. The minimum atomic E-state index is -3.57. The highest BCUT2D eigenvalue weighted by Crippen LogP contribution is 2.20. The Balaban J connectivity index is 1.42. The highest BCUT2D eigenvalue weighted by atomic mass is 35.5. The Labute approximate surface area is 185 Å². The van der Waals surface area contributed by atoms with Gasteiger partial charge in [-0.05, 0) is 36.4 Å². The SMILES string of the molecule is O=C(CSc1ccc(Cl)cc1)OCC(=O)N1CCN(S(=O)(=O)c2ccccc2)CC1. The van der Waals surface area contributed by atoms with Crippen LogP contribution in [0.1, 0.15) is 0 Å². The largest absolute Gasteiger partial charge is 0.455 e. The second-order valence-electron chi connectivity index (χ2n) is 6.50. The molecule has 0 saturated carbocycles. The van der Waals surface area contributed by atoms with Crippen LogP contribution >= 0.6 is 23.4 Å². The lowest BCUT2D eigenvalue weighted by Crippen LogP contribution is -2.51. The Morgan fingerprint density at radius 1 is 0.967 bits per heavy atom. The van der Waals surface area contributed by atoms with Gasteiger partial charge in [0.05, 0.1) is 10.6 Å². The number of rotatable bonds is 7. The van der Waals surface area contributed by atoms with Crippen molar-refractivity contribution in [3.05, 3.63) is 59.6 Å². The lowest BCUT2D eigenvalue weighted by Gasteiger charge is -2.33. The van der Waals surface area contributed by atoms with Crippen LogP contribution in [0.25, 0.3) is 0 Å². The predicted molar refractivity (Wildman–Crippen MR) is 115 cm³/mol. The number of sulfonamides is 1. The molecule has 1 heterocycles. The third-order valence-electron chi connectivity index (χ3n) is 4.50. The highest BCUT2D eigenvalue weighted by Gasteiger charge is 2.30. The van der Waals surface area contributed by atoms with Crippen molar-refractivity contribution < 1.29 is 22.7 Å². The Bertz CT molecular complexity index is 976. The van der Waals surface area contributed by atoms with Crippen molar-refractivity contribution in [1.29, 1.82) is 0 Å². The summed E-state index contributed by atoms with van der Waals surface area (Å²) < 4.78 is 31.7. The highest BCUT2D eigenvalue weighted by molar-refractivity contribution is 8.00. The molecule has 160 valence electrons. The number of ether oxygens (including phenoxy) is 1. The van der Waals surface area contributed by atoms with E-state index in [2.05, 4.69) is 0 Å². The number of thioether (sulfide) groups is 1. The minimum Gasteiger partial charge on any atom is -0.455 e. The molecule has 0 N–H and O–H groups in total. The molecule has 0 atom stereocenters. The Hall–Kier alpha value is -2.07. The first-order valence-electron chi connectivity index (χ1n) is 9.23. The van der Waals surface area contributed by atoms with E-state index < -0.39 is 16.0 Å². The molecule has 2 aromatic rings. The number of hydrogen-bond acceptors (Lipinski definition) is 6. The summed E-state index contributed by atoms with van der Waals surface area (Å²) in [5.74, 6) is -0.747. The molecule has 0 aromatic heterocycles. The molecule has 1 aliphatic rings. The molecule has 0 bridgehead atoms. The van der Waals surface area contributed by atoms with Crippen molar-refractivity contribution in [1.82, 2.24) is 9.21 Å². The van der Waals surface area contributed by atoms with E-state index in [-0.39, 0.29) is 49.3 Å². The molecular formula is C20H21ClN2O5S2. The molecule has 1 saturated heterocycles. The van der Waals surface area contributed by atoms with Gasteiger partial charge in [-0.2, -0.15) is 4.31 Å². The van der Waals surface area contributed by atoms with E-state index in [1.165, 1.54) is 21.0 Å². The predicted octanol–water partition coefficient (Wildman–Crippen LogP) is 2.51. The van der Waals surface area contributed by atoms with Gasteiger partial charge < -0.3 is 9.64 Å². The number of carbonyl (C=O) groups excluding carboxylic acids is 2. The molecule has 0 unspecified atom stereocenters. The van der Waals surface area contributed by atoms with E-state index in [0.29, 0.717) is 5.02 Å². The van der Waals surface area contributed by atoms with Gasteiger partial charge in [-0.1, -0.05) is 29.8 Å². The summed E-state index contributed by atoms with van der Waals surface area (Å²) in [6.07, 6.45) is 0. The average Bonchev–Trinajstić information content (AvgIpc) is 2.77. The van der Waals surface area contributed by atoms with Crippen LogP contribution < -0.4 is 0 Å². The first-order valence-corrected chi connectivity index (χ1v) is 12.0. The average molecular weight is 469 g/mol. The zero-order valence-corrected chi connectivity index (χ0v) is 18.5. The van der Waals surface area contributed by atoms with E-state index in [9.17, 15) is 18.0 Å². The fourth-order valence-corrected chi connectivity index (χ4v) is 5.13. The van der Waals surface area contributed by atoms with Crippen molar-refractivity contribution in [2.45, 2.75) is 9.79 Å². The molecule has 0 aliphatic carbocycles. The van der Waals surface area contributed by atoms with Gasteiger partial charge in [0.25, 0.3) is 5.91 Å². The monoisotopic (exact) mass is 468 g/mol. The maximum absolute atomic E-state index is 12.6. The maximum atomic E-state index is 12.6. The lowest BCUT2D eigenvalue weighted by atomic mass is 10.3. The zero-order valence-electron chi connectivity index (χ0n) is 16.1. The zero-order chi connectivity index (χ0) is 21.6. The smallest absolute Gasteiger partial charge is 0.316 e. The molecule has 2 aromatic carbocycles. The number of nitrogens with zero attached hydrogens (tertiary/aromatic N) is 2. The fourth-order valence-electron chi connectivity index (χ4n) is 2.87. The van der Waals surface area contributed by atoms with Crippen molar-refractivity contribution in [2.75, 3.05) is 38.5 Å². The van der Waals surface area contributed by atoms with Gasteiger partial charge in [0.2, 0.25) is 10.0 Å². The molecule has 3 rings (SSSR count).